The number of para-hydroxylation sites is 1. The van der Waals surface area contributed by atoms with E-state index in [4.69, 9.17) is 32.7 Å². The molecule has 1 aliphatic rings. The van der Waals surface area contributed by atoms with Crippen LogP contribution in [-0.2, 0) is 9.53 Å². The Balaban J connectivity index is 1.72. The maximum atomic E-state index is 12.7. The number of halogens is 2. The van der Waals surface area contributed by atoms with Crippen LogP contribution >= 0.6 is 23.2 Å². The van der Waals surface area contributed by atoms with Crippen LogP contribution in [0, 0.1) is 0 Å². The van der Waals surface area contributed by atoms with Gasteiger partial charge in [0.15, 0.2) is 0 Å². The number of carbonyl (C=O) groups is 2. The smallest absolute Gasteiger partial charge is 0.336 e. The summed E-state index contributed by atoms with van der Waals surface area (Å²) in [6.45, 7) is 2.02. The molecule has 0 saturated carbocycles. The van der Waals surface area contributed by atoms with Crippen molar-refractivity contribution in [2.45, 2.75) is 0 Å². The van der Waals surface area contributed by atoms with Gasteiger partial charge in [0.25, 0.3) is 5.91 Å². The Kier molecular flexibility index (Phi) is 6.50. The fourth-order valence-electron chi connectivity index (χ4n) is 2.61. The second-order valence-corrected chi connectivity index (χ2v) is 6.66. The van der Waals surface area contributed by atoms with E-state index in [0.29, 0.717) is 47.5 Å². The Morgan fingerprint density at radius 1 is 1.07 bits per heavy atom. The van der Waals surface area contributed by atoms with E-state index in [-0.39, 0.29) is 11.7 Å². The molecule has 2 aromatic carbocycles. The van der Waals surface area contributed by atoms with Gasteiger partial charge in [-0.2, -0.15) is 0 Å². The molecule has 0 aliphatic carbocycles. The second-order valence-electron chi connectivity index (χ2n) is 5.82. The third-order valence-corrected chi connectivity index (χ3v) is 4.55. The molecule has 0 unspecified atom stereocenters. The summed E-state index contributed by atoms with van der Waals surface area (Å²) in [6.07, 6.45) is 2.79. The quantitative estimate of drug-likeness (QED) is 0.436. The standard InChI is InChI=1S/C20H17Cl2NO4/c21-15-7-5-14(17(22)13-15)6-8-19(24)27-18-4-2-1-3-16(18)20(25)23-9-11-26-12-10-23/h1-8,13H,9-12H2. The predicted octanol–water partition coefficient (Wildman–Crippen LogP) is 4.08. The number of carbonyl (C=O) groups excluding carboxylic acids is 2. The molecular formula is C20H17Cl2NO4. The van der Waals surface area contributed by atoms with E-state index < -0.39 is 5.97 Å². The van der Waals surface area contributed by atoms with Gasteiger partial charge in [-0.15, -0.1) is 0 Å². The van der Waals surface area contributed by atoms with Crippen LogP contribution in [0.5, 0.6) is 5.75 Å². The molecule has 3 rings (SSSR count). The molecule has 0 bridgehead atoms. The minimum atomic E-state index is -0.608. The molecule has 0 aromatic heterocycles. The maximum absolute atomic E-state index is 12.7. The summed E-state index contributed by atoms with van der Waals surface area (Å²) in [4.78, 5) is 26.6. The molecule has 2 aromatic rings. The molecule has 1 fully saturated rings. The molecule has 0 N–H and O–H groups in total. The zero-order chi connectivity index (χ0) is 19.2. The lowest BCUT2D eigenvalue weighted by molar-refractivity contribution is -0.128. The lowest BCUT2D eigenvalue weighted by Crippen LogP contribution is -2.40. The third kappa shape index (κ3) is 5.10. The molecule has 1 saturated heterocycles. The summed E-state index contributed by atoms with van der Waals surface area (Å²) in [7, 11) is 0. The number of rotatable bonds is 4. The van der Waals surface area contributed by atoms with Gasteiger partial charge in [-0.05, 0) is 35.9 Å². The lowest BCUT2D eigenvalue weighted by atomic mass is 10.1. The molecule has 0 radical (unpaired) electrons. The highest BCUT2D eigenvalue weighted by molar-refractivity contribution is 6.35. The fraction of sp³-hybridized carbons (Fsp3) is 0.200. The van der Waals surface area contributed by atoms with Gasteiger partial charge in [-0.3, -0.25) is 4.79 Å². The Morgan fingerprint density at radius 3 is 2.56 bits per heavy atom. The number of hydrogen-bond acceptors (Lipinski definition) is 4. The van der Waals surface area contributed by atoms with E-state index in [2.05, 4.69) is 0 Å². The molecule has 0 atom stereocenters. The van der Waals surface area contributed by atoms with Gasteiger partial charge >= 0.3 is 5.97 Å². The van der Waals surface area contributed by atoms with E-state index >= 15 is 0 Å². The molecule has 1 aliphatic heterocycles. The first kappa shape index (κ1) is 19.4. The van der Waals surface area contributed by atoms with E-state index in [1.54, 1.807) is 47.4 Å². The van der Waals surface area contributed by atoms with Crippen LogP contribution in [0.4, 0.5) is 0 Å². The van der Waals surface area contributed by atoms with Gasteiger partial charge in [0.05, 0.1) is 18.8 Å². The largest absolute Gasteiger partial charge is 0.423 e. The summed E-state index contributed by atoms with van der Waals surface area (Å²) in [5, 5.41) is 0.935. The fourth-order valence-corrected chi connectivity index (χ4v) is 3.08. The van der Waals surface area contributed by atoms with E-state index in [1.807, 2.05) is 0 Å². The van der Waals surface area contributed by atoms with Crippen molar-refractivity contribution in [2.75, 3.05) is 26.3 Å². The minimum Gasteiger partial charge on any atom is -0.423 e. The highest BCUT2D eigenvalue weighted by Gasteiger charge is 2.22. The van der Waals surface area contributed by atoms with Crippen molar-refractivity contribution in [3.63, 3.8) is 0 Å². The number of morpholine rings is 1. The summed E-state index contributed by atoms with van der Waals surface area (Å²) in [6, 6.07) is 11.6. The molecule has 0 spiro atoms. The van der Waals surface area contributed by atoms with Gasteiger partial charge in [-0.25, -0.2) is 4.79 Å². The minimum absolute atomic E-state index is 0.188. The van der Waals surface area contributed by atoms with Gasteiger partial charge in [-0.1, -0.05) is 41.4 Å². The van der Waals surface area contributed by atoms with Crippen molar-refractivity contribution in [1.82, 2.24) is 4.90 Å². The number of esters is 1. The van der Waals surface area contributed by atoms with Crippen molar-refractivity contribution in [2.24, 2.45) is 0 Å². The van der Waals surface area contributed by atoms with Crippen LogP contribution in [0.15, 0.2) is 48.5 Å². The SMILES string of the molecule is O=C(C=Cc1ccc(Cl)cc1Cl)Oc1ccccc1C(=O)N1CCOCC1. The van der Waals surface area contributed by atoms with Crippen molar-refractivity contribution >= 4 is 41.2 Å². The molecule has 1 heterocycles. The van der Waals surface area contributed by atoms with Gasteiger partial charge in [0.1, 0.15) is 5.75 Å². The van der Waals surface area contributed by atoms with Crippen molar-refractivity contribution < 1.29 is 19.1 Å². The second kappa shape index (κ2) is 9.04. The van der Waals surface area contributed by atoms with Gasteiger partial charge in [0.2, 0.25) is 0 Å². The normalized spacial score (nSPS) is 14.4. The average molecular weight is 406 g/mol. The topological polar surface area (TPSA) is 55.8 Å². The number of hydrogen-bond donors (Lipinski definition) is 0. The van der Waals surface area contributed by atoms with Crippen molar-refractivity contribution in [3.05, 3.63) is 69.7 Å². The Labute approximate surface area is 167 Å². The predicted molar refractivity (Wildman–Crippen MR) is 104 cm³/mol. The first-order chi connectivity index (χ1) is 13.0. The van der Waals surface area contributed by atoms with Crippen molar-refractivity contribution in [3.8, 4) is 5.75 Å². The van der Waals surface area contributed by atoms with Gasteiger partial charge in [0, 0.05) is 29.2 Å². The third-order valence-electron chi connectivity index (χ3n) is 3.99. The molecular weight excluding hydrogens is 389 g/mol. The average Bonchev–Trinajstić information content (AvgIpc) is 2.68. The van der Waals surface area contributed by atoms with Crippen molar-refractivity contribution in [1.29, 1.82) is 0 Å². The first-order valence-electron chi connectivity index (χ1n) is 8.35. The molecule has 5 nitrogen and oxygen atoms in total. The summed E-state index contributed by atoms with van der Waals surface area (Å²) >= 11 is 11.9. The molecule has 7 heteroatoms. The monoisotopic (exact) mass is 405 g/mol. The zero-order valence-electron chi connectivity index (χ0n) is 14.4. The van der Waals surface area contributed by atoms with Crippen LogP contribution in [0.3, 0.4) is 0 Å². The number of ether oxygens (including phenoxy) is 2. The van der Waals surface area contributed by atoms with Crippen LogP contribution in [0.1, 0.15) is 15.9 Å². The highest BCUT2D eigenvalue weighted by atomic mass is 35.5. The molecule has 140 valence electrons. The summed E-state index contributed by atoms with van der Waals surface area (Å²) < 4.78 is 10.6. The summed E-state index contributed by atoms with van der Waals surface area (Å²) in [5.74, 6) is -0.583. The highest BCUT2D eigenvalue weighted by Crippen LogP contribution is 2.23. The van der Waals surface area contributed by atoms with E-state index in [1.165, 1.54) is 12.2 Å². The summed E-state index contributed by atoms with van der Waals surface area (Å²) in [5.41, 5.74) is 0.973. The van der Waals surface area contributed by atoms with Crippen LogP contribution in [0.2, 0.25) is 10.0 Å². The van der Waals surface area contributed by atoms with Crippen LogP contribution < -0.4 is 4.74 Å². The van der Waals surface area contributed by atoms with Gasteiger partial charge < -0.3 is 14.4 Å². The lowest BCUT2D eigenvalue weighted by Gasteiger charge is -2.27. The molecule has 27 heavy (non-hydrogen) atoms. The van der Waals surface area contributed by atoms with Crippen LogP contribution in [-0.4, -0.2) is 43.1 Å². The number of amides is 1. The number of benzene rings is 2. The number of nitrogens with zero attached hydrogens (tertiary/aromatic N) is 1. The van der Waals surface area contributed by atoms with Crippen LogP contribution in [0.25, 0.3) is 6.08 Å². The Hall–Kier alpha value is -2.34. The first-order valence-corrected chi connectivity index (χ1v) is 9.11. The maximum Gasteiger partial charge on any atom is 0.336 e. The Morgan fingerprint density at radius 2 is 1.81 bits per heavy atom. The Bertz CT molecular complexity index is 876. The molecule has 1 amide bonds. The zero-order valence-corrected chi connectivity index (χ0v) is 15.9. The van der Waals surface area contributed by atoms with E-state index in [9.17, 15) is 9.59 Å². The van der Waals surface area contributed by atoms with E-state index in [0.717, 1.165) is 0 Å².